The van der Waals surface area contributed by atoms with Crippen molar-refractivity contribution in [3.05, 3.63) is 54.2 Å². The number of hydrogen-bond acceptors (Lipinski definition) is 7. The van der Waals surface area contributed by atoms with Gasteiger partial charge >= 0.3 is 0 Å². The predicted molar refractivity (Wildman–Crippen MR) is 102 cm³/mol. The van der Waals surface area contributed by atoms with Crippen LogP contribution in [0.15, 0.2) is 48.7 Å². The Morgan fingerprint density at radius 3 is 2.19 bits per heavy atom. The minimum Gasteiger partial charge on any atom is -0.493 e. The highest BCUT2D eigenvalue weighted by Gasteiger charge is 2.15. The van der Waals surface area contributed by atoms with Crippen LogP contribution in [0.25, 0.3) is 11.3 Å². The molecule has 7 nitrogen and oxygen atoms in total. The van der Waals surface area contributed by atoms with Gasteiger partial charge in [0.25, 0.3) is 0 Å². The lowest BCUT2D eigenvalue weighted by Gasteiger charge is -2.15. The smallest absolute Gasteiger partial charge is 0.227 e. The van der Waals surface area contributed by atoms with Crippen LogP contribution in [0.5, 0.6) is 17.2 Å². The Kier molecular flexibility index (Phi) is 5.38. The number of nitrogens with one attached hydrogen (secondary N) is 1. The topological polar surface area (TPSA) is 89.3 Å². The number of hydrogen-bond donors (Lipinski definition) is 1. The van der Waals surface area contributed by atoms with Crippen LogP contribution in [0.4, 0.5) is 11.6 Å². The Morgan fingerprint density at radius 2 is 1.63 bits per heavy atom. The van der Waals surface area contributed by atoms with Gasteiger partial charge < -0.3 is 19.5 Å². The van der Waals surface area contributed by atoms with Gasteiger partial charge in [0.15, 0.2) is 11.5 Å². The van der Waals surface area contributed by atoms with Crippen molar-refractivity contribution in [2.75, 3.05) is 26.6 Å². The highest BCUT2D eigenvalue weighted by molar-refractivity contribution is 5.69. The van der Waals surface area contributed by atoms with Crippen LogP contribution >= 0.6 is 0 Å². The van der Waals surface area contributed by atoms with Gasteiger partial charge in [-0.2, -0.15) is 5.26 Å². The number of anilines is 2. The second kappa shape index (κ2) is 8.06. The van der Waals surface area contributed by atoms with Crippen molar-refractivity contribution < 1.29 is 14.2 Å². The number of nitriles is 1. The van der Waals surface area contributed by atoms with Crippen LogP contribution in [0.2, 0.25) is 0 Å². The van der Waals surface area contributed by atoms with Crippen molar-refractivity contribution in [3.8, 4) is 34.6 Å². The number of rotatable bonds is 6. The average molecular weight is 362 g/mol. The Hall–Kier alpha value is -3.79. The first-order valence-corrected chi connectivity index (χ1v) is 8.09. The summed E-state index contributed by atoms with van der Waals surface area (Å²) in [5.74, 6) is 1.87. The van der Waals surface area contributed by atoms with Gasteiger partial charge in [0.1, 0.15) is 6.07 Å². The second-order valence-electron chi connectivity index (χ2n) is 5.47. The average Bonchev–Trinajstić information content (AvgIpc) is 2.73. The van der Waals surface area contributed by atoms with E-state index in [2.05, 4.69) is 21.4 Å². The molecule has 7 heteroatoms. The van der Waals surface area contributed by atoms with E-state index in [4.69, 9.17) is 14.2 Å². The number of methoxy groups -OCH3 is 3. The van der Waals surface area contributed by atoms with E-state index in [9.17, 15) is 5.26 Å². The maximum Gasteiger partial charge on any atom is 0.227 e. The Labute approximate surface area is 157 Å². The summed E-state index contributed by atoms with van der Waals surface area (Å²) in [6, 6.07) is 15.1. The molecule has 0 aliphatic rings. The summed E-state index contributed by atoms with van der Waals surface area (Å²) in [6.45, 7) is 0. The Morgan fingerprint density at radius 1 is 0.963 bits per heavy atom. The highest BCUT2D eigenvalue weighted by Crippen LogP contribution is 2.40. The van der Waals surface area contributed by atoms with Crippen molar-refractivity contribution in [2.24, 2.45) is 0 Å². The molecule has 1 N–H and O–H groups in total. The van der Waals surface area contributed by atoms with Crippen molar-refractivity contribution in [1.82, 2.24) is 9.97 Å². The predicted octanol–water partition coefficient (Wildman–Crippen LogP) is 3.78. The third kappa shape index (κ3) is 3.75. The van der Waals surface area contributed by atoms with Crippen molar-refractivity contribution in [2.45, 2.75) is 0 Å². The summed E-state index contributed by atoms with van der Waals surface area (Å²) < 4.78 is 16.0. The molecule has 0 aliphatic heterocycles. The van der Waals surface area contributed by atoms with Crippen LogP contribution in [0.1, 0.15) is 5.56 Å². The molecule has 27 heavy (non-hydrogen) atoms. The molecule has 0 saturated carbocycles. The molecule has 0 atom stereocenters. The number of nitrogens with zero attached hydrogens (tertiary/aromatic N) is 3. The van der Waals surface area contributed by atoms with Gasteiger partial charge in [0, 0.05) is 23.4 Å². The van der Waals surface area contributed by atoms with E-state index in [0.29, 0.717) is 40.1 Å². The molecule has 0 unspecified atom stereocenters. The fourth-order valence-electron chi connectivity index (χ4n) is 2.62. The van der Waals surface area contributed by atoms with Crippen LogP contribution in [0, 0.1) is 11.3 Å². The standard InChI is InChI=1S/C20H18N4O3/c1-25-16-9-15(10-17(26-2)19(16)27-3)23-20-22-12-14(11-21)18(24-20)13-7-5-4-6-8-13/h4-10,12H,1-3H3,(H,22,23,24). The normalized spacial score (nSPS) is 10.0. The van der Waals surface area contributed by atoms with Crippen molar-refractivity contribution in [1.29, 1.82) is 5.26 Å². The Bertz CT molecular complexity index is 959. The third-order valence-electron chi connectivity index (χ3n) is 3.88. The lowest BCUT2D eigenvalue weighted by atomic mass is 10.1. The molecule has 136 valence electrons. The minimum absolute atomic E-state index is 0.349. The molecule has 1 aromatic heterocycles. The monoisotopic (exact) mass is 362 g/mol. The maximum absolute atomic E-state index is 9.36. The van der Waals surface area contributed by atoms with Crippen LogP contribution in [-0.4, -0.2) is 31.3 Å². The molecule has 0 saturated heterocycles. The summed E-state index contributed by atoms with van der Waals surface area (Å²) in [7, 11) is 4.64. The summed E-state index contributed by atoms with van der Waals surface area (Å²) in [5, 5.41) is 12.5. The first kappa shape index (κ1) is 18.0. The van der Waals surface area contributed by atoms with Crippen molar-refractivity contribution in [3.63, 3.8) is 0 Å². The van der Waals surface area contributed by atoms with Gasteiger partial charge in [-0.25, -0.2) is 9.97 Å². The largest absolute Gasteiger partial charge is 0.493 e. The van der Waals surface area contributed by atoms with E-state index in [-0.39, 0.29) is 0 Å². The summed E-state index contributed by atoms with van der Waals surface area (Å²) in [5.41, 5.74) is 2.46. The van der Waals surface area contributed by atoms with Gasteiger partial charge in [0.2, 0.25) is 11.7 Å². The zero-order valence-electron chi connectivity index (χ0n) is 15.2. The van der Waals surface area contributed by atoms with E-state index in [1.807, 2.05) is 30.3 Å². The number of aromatic nitrogens is 2. The van der Waals surface area contributed by atoms with Gasteiger partial charge in [-0.05, 0) is 0 Å². The number of ether oxygens (including phenoxy) is 3. The lowest BCUT2D eigenvalue weighted by molar-refractivity contribution is 0.324. The lowest BCUT2D eigenvalue weighted by Crippen LogP contribution is -2.02. The molecular weight excluding hydrogens is 344 g/mol. The molecule has 3 aromatic rings. The van der Waals surface area contributed by atoms with E-state index < -0.39 is 0 Å². The van der Waals surface area contributed by atoms with Crippen molar-refractivity contribution >= 4 is 11.6 Å². The first-order valence-electron chi connectivity index (χ1n) is 8.09. The summed E-state index contributed by atoms with van der Waals surface area (Å²) >= 11 is 0. The molecule has 0 spiro atoms. The quantitative estimate of drug-likeness (QED) is 0.713. The summed E-state index contributed by atoms with van der Waals surface area (Å²) in [6.07, 6.45) is 1.50. The molecule has 0 fully saturated rings. The van der Waals surface area contributed by atoms with Crippen LogP contribution < -0.4 is 19.5 Å². The van der Waals surface area contributed by atoms with E-state index in [1.165, 1.54) is 6.20 Å². The fourth-order valence-corrected chi connectivity index (χ4v) is 2.62. The van der Waals surface area contributed by atoms with Gasteiger partial charge in [0.05, 0.1) is 38.8 Å². The molecule has 2 aromatic carbocycles. The third-order valence-corrected chi connectivity index (χ3v) is 3.88. The maximum atomic E-state index is 9.36. The fraction of sp³-hybridized carbons (Fsp3) is 0.150. The summed E-state index contributed by atoms with van der Waals surface area (Å²) in [4.78, 5) is 8.73. The van der Waals surface area contributed by atoms with Gasteiger partial charge in [-0.1, -0.05) is 30.3 Å². The van der Waals surface area contributed by atoms with Gasteiger partial charge in [-0.3, -0.25) is 0 Å². The molecule has 0 amide bonds. The molecule has 3 rings (SSSR count). The minimum atomic E-state index is 0.349. The van der Waals surface area contributed by atoms with E-state index >= 15 is 0 Å². The first-order chi connectivity index (χ1) is 13.2. The molecule has 0 radical (unpaired) electrons. The van der Waals surface area contributed by atoms with Gasteiger partial charge in [-0.15, -0.1) is 0 Å². The molecular formula is C20H18N4O3. The highest BCUT2D eigenvalue weighted by atomic mass is 16.5. The van der Waals surface area contributed by atoms with Crippen LogP contribution in [-0.2, 0) is 0 Å². The number of benzene rings is 2. The second-order valence-corrected chi connectivity index (χ2v) is 5.47. The zero-order valence-corrected chi connectivity index (χ0v) is 15.2. The van der Waals surface area contributed by atoms with Crippen LogP contribution in [0.3, 0.4) is 0 Å². The molecule has 0 aliphatic carbocycles. The molecule has 1 heterocycles. The SMILES string of the molecule is COc1cc(Nc2ncc(C#N)c(-c3ccccc3)n2)cc(OC)c1OC. The van der Waals surface area contributed by atoms with E-state index in [0.717, 1.165) is 5.56 Å². The Balaban J connectivity index is 2.01. The van der Waals surface area contributed by atoms with E-state index in [1.54, 1.807) is 33.5 Å². The zero-order chi connectivity index (χ0) is 19.2. The molecule has 0 bridgehead atoms.